The molecular weight excluding hydrogens is 360 g/mol. The average molecular weight is 386 g/mol. The molecular formula is C21H26N2O5. The highest BCUT2D eigenvalue weighted by Gasteiger charge is 2.13. The van der Waals surface area contributed by atoms with Gasteiger partial charge in [0.15, 0.2) is 11.5 Å². The molecule has 0 fully saturated rings. The monoisotopic (exact) mass is 386 g/mol. The van der Waals surface area contributed by atoms with Crippen LogP contribution in [-0.2, 0) is 22.6 Å². The van der Waals surface area contributed by atoms with E-state index in [1.54, 1.807) is 38.5 Å². The molecule has 0 unspecified atom stereocenters. The molecule has 0 spiro atoms. The summed E-state index contributed by atoms with van der Waals surface area (Å²) in [5, 5.41) is 2.88. The second-order valence-corrected chi connectivity index (χ2v) is 6.29. The van der Waals surface area contributed by atoms with E-state index in [1.807, 2.05) is 30.1 Å². The molecule has 2 rings (SSSR count). The third kappa shape index (κ3) is 5.72. The van der Waals surface area contributed by atoms with Crippen molar-refractivity contribution in [1.82, 2.24) is 10.2 Å². The molecule has 0 atom stereocenters. The van der Waals surface area contributed by atoms with Crippen molar-refractivity contribution in [3.63, 3.8) is 0 Å². The van der Waals surface area contributed by atoms with Gasteiger partial charge in [-0.15, -0.1) is 0 Å². The maximum absolute atomic E-state index is 12.2. The summed E-state index contributed by atoms with van der Waals surface area (Å²) in [6.07, 6.45) is 0. The van der Waals surface area contributed by atoms with Crippen LogP contribution >= 0.6 is 0 Å². The van der Waals surface area contributed by atoms with Crippen LogP contribution in [-0.4, -0.2) is 51.7 Å². The molecule has 0 aromatic heterocycles. The van der Waals surface area contributed by atoms with E-state index in [9.17, 15) is 9.59 Å². The predicted octanol–water partition coefficient (Wildman–Crippen LogP) is 2.24. The van der Waals surface area contributed by atoms with Gasteiger partial charge in [0.2, 0.25) is 5.91 Å². The van der Waals surface area contributed by atoms with Crippen molar-refractivity contribution in [3.8, 4) is 11.5 Å². The van der Waals surface area contributed by atoms with E-state index in [-0.39, 0.29) is 18.4 Å². The van der Waals surface area contributed by atoms with Crippen molar-refractivity contribution in [1.29, 1.82) is 0 Å². The van der Waals surface area contributed by atoms with E-state index < -0.39 is 0 Å². The summed E-state index contributed by atoms with van der Waals surface area (Å²) in [4.78, 5) is 25.6. The van der Waals surface area contributed by atoms with E-state index in [1.165, 1.54) is 7.11 Å². The zero-order chi connectivity index (χ0) is 20.5. The number of nitrogens with zero attached hydrogens (tertiary/aromatic N) is 1. The Morgan fingerprint density at radius 3 is 2.32 bits per heavy atom. The number of methoxy groups -OCH3 is 3. The predicted molar refractivity (Wildman–Crippen MR) is 106 cm³/mol. The van der Waals surface area contributed by atoms with Crippen LogP contribution in [0.4, 0.5) is 0 Å². The Hall–Kier alpha value is -3.06. The third-order valence-corrected chi connectivity index (χ3v) is 4.20. The molecule has 28 heavy (non-hydrogen) atoms. The van der Waals surface area contributed by atoms with Gasteiger partial charge in [0, 0.05) is 18.7 Å². The molecule has 150 valence electrons. The first-order valence-electron chi connectivity index (χ1n) is 8.80. The van der Waals surface area contributed by atoms with E-state index in [0.717, 1.165) is 11.1 Å². The average Bonchev–Trinajstić information content (AvgIpc) is 2.71. The molecule has 1 amide bonds. The minimum Gasteiger partial charge on any atom is -0.493 e. The Kier molecular flexibility index (Phi) is 7.83. The van der Waals surface area contributed by atoms with Crippen LogP contribution in [0.2, 0.25) is 0 Å². The van der Waals surface area contributed by atoms with Crippen molar-refractivity contribution in [2.45, 2.75) is 13.1 Å². The number of hydrogen-bond acceptors (Lipinski definition) is 6. The van der Waals surface area contributed by atoms with Crippen molar-refractivity contribution in [2.75, 3.05) is 34.9 Å². The number of nitrogens with one attached hydrogen (secondary N) is 1. The summed E-state index contributed by atoms with van der Waals surface area (Å²) < 4.78 is 15.4. The fourth-order valence-electron chi connectivity index (χ4n) is 2.80. The summed E-state index contributed by atoms with van der Waals surface area (Å²) in [7, 11) is 6.40. The topological polar surface area (TPSA) is 77.1 Å². The number of rotatable bonds is 9. The Labute approximate surface area is 165 Å². The molecule has 2 aromatic rings. The SMILES string of the molecule is COC(=O)c1ccc(CNC(=O)CN(C)Cc2cccc(OC)c2OC)cc1. The minimum atomic E-state index is -0.384. The molecule has 2 aromatic carbocycles. The van der Waals surface area contributed by atoms with Gasteiger partial charge < -0.3 is 19.5 Å². The number of para-hydroxylation sites is 1. The lowest BCUT2D eigenvalue weighted by atomic mass is 10.1. The lowest BCUT2D eigenvalue weighted by molar-refractivity contribution is -0.122. The number of benzene rings is 2. The van der Waals surface area contributed by atoms with Gasteiger partial charge in [-0.2, -0.15) is 0 Å². The molecule has 0 bridgehead atoms. The van der Waals surface area contributed by atoms with Crippen LogP contribution in [0.1, 0.15) is 21.5 Å². The zero-order valence-corrected chi connectivity index (χ0v) is 16.7. The number of ether oxygens (including phenoxy) is 3. The molecule has 7 heteroatoms. The van der Waals surface area contributed by atoms with E-state index in [0.29, 0.717) is 30.2 Å². The minimum absolute atomic E-state index is 0.0959. The van der Waals surface area contributed by atoms with Gasteiger partial charge in [-0.3, -0.25) is 9.69 Å². The molecule has 0 aliphatic heterocycles. The maximum atomic E-state index is 12.2. The fourth-order valence-corrected chi connectivity index (χ4v) is 2.80. The third-order valence-electron chi connectivity index (χ3n) is 4.20. The molecule has 0 saturated carbocycles. The van der Waals surface area contributed by atoms with Gasteiger partial charge in [0.1, 0.15) is 0 Å². The smallest absolute Gasteiger partial charge is 0.337 e. The lowest BCUT2D eigenvalue weighted by Crippen LogP contribution is -2.34. The van der Waals surface area contributed by atoms with Crippen LogP contribution in [0.3, 0.4) is 0 Å². The Morgan fingerprint density at radius 1 is 1.00 bits per heavy atom. The van der Waals surface area contributed by atoms with E-state index >= 15 is 0 Å². The first-order valence-corrected chi connectivity index (χ1v) is 8.80. The van der Waals surface area contributed by atoms with Gasteiger partial charge in [0.05, 0.1) is 33.4 Å². The molecule has 0 heterocycles. The highest BCUT2D eigenvalue weighted by atomic mass is 16.5. The van der Waals surface area contributed by atoms with Crippen LogP contribution in [0.5, 0.6) is 11.5 Å². The molecule has 0 aliphatic rings. The number of amides is 1. The second-order valence-electron chi connectivity index (χ2n) is 6.29. The van der Waals surface area contributed by atoms with Gasteiger partial charge in [-0.1, -0.05) is 24.3 Å². The van der Waals surface area contributed by atoms with Crippen molar-refractivity contribution < 1.29 is 23.8 Å². The van der Waals surface area contributed by atoms with Gasteiger partial charge in [-0.05, 0) is 30.8 Å². The van der Waals surface area contributed by atoms with Crippen LogP contribution in [0.15, 0.2) is 42.5 Å². The molecule has 1 N–H and O–H groups in total. The lowest BCUT2D eigenvalue weighted by Gasteiger charge is -2.19. The standard InChI is InChI=1S/C21H26N2O5/c1-23(13-17-6-5-7-18(26-2)20(17)27-3)14-19(24)22-12-15-8-10-16(11-9-15)21(25)28-4/h5-11H,12-14H2,1-4H3,(H,22,24). The highest BCUT2D eigenvalue weighted by Crippen LogP contribution is 2.31. The van der Waals surface area contributed by atoms with Gasteiger partial charge in [-0.25, -0.2) is 4.79 Å². The van der Waals surface area contributed by atoms with Crippen LogP contribution < -0.4 is 14.8 Å². The van der Waals surface area contributed by atoms with Gasteiger partial charge >= 0.3 is 5.97 Å². The maximum Gasteiger partial charge on any atom is 0.337 e. The Bertz CT molecular complexity index is 805. The quantitative estimate of drug-likeness (QED) is 0.666. The normalized spacial score (nSPS) is 10.5. The first-order chi connectivity index (χ1) is 13.5. The molecule has 7 nitrogen and oxygen atoms in total. The number of carbonyl (C=O) groups is 2. The largest absolute Gasteiger partial charge is 0.493 e. The van der Waals surface area contributed by atoms with Crippen molar-refractivity contribution >= 4 is 11.9 Å². The molecule has 0 saturated heterocycles. The number of esters is 1. The summed E-state index contributed by atoms with van der Waals surface area (Å²) in [5.74, 6) is 0.850. The fraction of sp³-hybridized carbons (Fsp3) is 0.333. The highest BCUT2D eigenvalue weighted by molar-refractivity contribution is 5.89. The number of hydrogen-bond donors (Lipinski definition) is 1. The van der Waals surface area contributed by atoms with Crippen molar-refractivity contribution in [2.24, 2.45) is 0 Å². The Morgan fingerprint density at radius 2 is 1.71 bits per heavy atom. The number of carbonyl (C=O) groups excluding carboxylic acids is 2. The van der Waals surface area contributed by atoms with Crippen LogP contribution in [0.25, 0.3) is 0 Å². The van der Waals surface area contributed by atoms with E-state index in [2.05, 4.69) is 10.1 Å². The molecule has 0 radical (unpaired) electrons. The zero-order valence-electron chi connectivity index (χ0n) is 16.7. The summed E-state index contributed by atoms with van der Waals surface area (Å²) in [6.45, 7) is 1.17. The van der Waals surface area contributed by atoms with E-state index in [4.69, 9.17) is 9.47 Å². The van der Waals surface area contributed by atoms with Gasteiger partial charge in [0.25, 0.3) is 0 Å². The summed E-state index contributed by atoms with van der Waals surface area (Å²) in [6, 6.07) is 12.6. The Balaban J connectivity index is 1.87. The van der Waals surface area contributed by atoms with Crippen LogP contribution in [0, 0.1) is 0 Å². The van der Waals surface area contributed by atoms with Crippen molar-refractivity contribution in [3.05, 3.63) is 59.2 Å². The summed E-state index contributed by atoms with van der Waals surface area (Å²) >= 11 is 0. The summed E-state index contributed by atoms with van der Waals surface area (Å²) in [5.41, 5.74) is 2.32. The second kappa shape index (κ2) is 10.3. The molecule has 0 aliphatic carbocycles. The first kappa shape index (κ1) is 21.2. The number of likely N-dealkylation sites (N-methyl/N-ethyl adjacent to an activating group) is 1.